The van der Waals surface area contributed by atoms with Crippen LogP contribution in [0, 0.1) is 17.2 Å². The maximum Gasteiger partial charge on any atom is 0.244 e. The second-order valence-electron chi connectivity index (χ2n) is 7.95. The van der Waals surface area contributed by atoms with Gasteiger partial charge in [0, 0.05) is 35.3 Å². The van der Waals surface area contributed by atoms with E-state index in [0.717, 1.165) is 11.3 Å². The minimum atomic E-state index is -3.77. The molecule has 0 spiro atoms. The largest absolute Gasteiger partial charge is 0.337 e. The number of hydrogen-bond donors (Lipinski definition) is 0. The molecule has 3 aromatic rings. The van der Waals surface area contributed by atoms with Crippen molar-refractivity contribution >= 4 is 38.6 Å². The van der Waals surface area contributed by atoms with Gasteiger partial charge in [0.15, 0.2) is 0 Å². The molecule has 9 heteroatoms. The standard InChI is InChI=1S/C24H25N3O3S3/c25-17-20-5-1-2-8-23(20)33(29,30)27-13-9-19(10-14-27)24(28)26(18-22-7-4-16-32-22)12-11-21-6-3-15-31-21/h1-8,15-16,19H,9-14,18H2. The van der Waals surface area contributed by atoms with Crippen LogP contribution in [0.25, 0.3) is 0 Å². The van der Waals surface area contributed by atoms with E-state index in [0.29, 0.717) is 25.9 Å². The van der Waals surface area contributed by atoms with Crippen molar-refractivity contribution in [2.75, 3.05) is 19.6 Å². The third kappa shape index (κ3) is 5.53. The summed E-state index contributed by atoms with van der Waals surface area (Å²) in [6.07, 6.45) is 1.77. The molecule has 2 aromatic heterocycles. The summed E-state index contributed by atoms with van der Waals surface area (Å²) in [5.74, 6) is -0.111. The van der Waals surface area contributed by atoms with Crippen LogP contribution in [0.1, 0.15) is 28.2 Å². The van der Waals surface area contributed by atoms with E-state index in [1.807, 2.05) is 39.9 Å². The van der Waals surface area contributed by atoms with Crippen LogP contribution in [0.3, 0.4) is 0 Å². The van der Waals surface area contributed by atoms with Gasteiger partial charge in [-0.25, -0.2) is 8.42 Å². The Morgan fingerprint density at radius 3 is 2.33 bits per heavy atom. The average molecular weight is 500 g/mol. The molecule has 1 aromatic carbocycles. The molecule has 0 bridgehead atoms. The average Bonchev–Trinajstić information content (AvgIpc) is 3.56. The number of nitriles is 1. The van der Waals surface area contributed by atoms with Gasteiger partial charge in [-0.1, -0.05) is 24.3 Å². The van der Waals surface area contributed by atoms with Gasteiger partial charge < -0.3 is 4.90 Å². The van der Waals surface area contributed by atoms with Crippen molar-refractivity contribution in [3.05, 3.63) is 74.6 Å². The fourth-order valence-corrected chi connectivity index (χ4v) is 7.11. The van der Waals surface area contributed by atoms with Crippen LogP contribution in [0.15, 0.2) is 64.2 Å². The summed E-state index contributed by atoms with van der Waals surface area (Å²) in [7, 11) is -3.77. The van der Waals surface area contributed by atoms with Crippen molar-refractivity contribution in [1.29, 1.82) is 5.26 Å². The highest BCUT2D eigenvalue weighted by Gasteiger charge is 2.34. The second-order valence-corrected chi connectivity index (χ2v) is 11.9. The molecule has 4 rings (SSSR count). The number of piperidine rings is 1. The number of nitrogens with zero attached hydrogens (tertiary/aromatic N) is 3. The SMILES string of the molecule is N#Cc1ccccc1S(=O)(=O)N1CCC(C(=O)N(CCc2cccs2)Cc2cccs2)CC1. The molecule has 0 unspecified atom stereocenters. The highest BCUT2D eigenvalue weighted by molar-refractivity contribution is 7.89. The van der Waals surface area contributed by atoms with Gasteiger partial charge in [0.2, 0.25) is 15.9 Å². The molecule has 172 valence electrons. The number of hydrogen-bond acceptors (Lipinski definition) is 6. The Hall–Kier alpha value is -2.51. The Bertz CT molecular complexity index is 1210. The topological polar surface area (TPSA) is 81.5 Å². The first-order valence-electron chi connectivity index (χ1n) is 10.8. The van der Waals surface area contributed by atoms with Crippen molar-refractivity contribution < 1.29 is 13.2 Å². The van der Waals surface area contributed by atoms with Crippen molar-refractivity contribution in [3.63, 3.8) is 0 Å². The van der Waals surface area contributed by atoms with Gasteiger partial charge >= 0.3 is 0 Å². The number of benzene rings is 1. The lowest BCUT2D eigenvalue weighted by Crippen LogP contribution is -2.44. The zero-order valence-electron chi connectivity index (χ0n) is 18.1. The third-order valence-corrected chi connectivity index (χ3v) is 9.63. The van der Waals surface area contributed by atoms with Crippen LogP contribution in [-0.2, 0) is 27.8 Å². The molecule has 1 aliphatic heterocycles. The van der Waals surface area contributed by atoms with E-state index >= 15 is 0 Å². The van der Waals surface area contributed by atoms with E-state index in [2.05, 4.69) is 6.07 Å². The van der Waals surface area contributed by atoms with Crippen molar-refractivity contribution in [2.24, 2.45) is 5.92 Å². The normalized spacial score (nSPS) is 15.2. The molecule has 6 nitrogen and oxygen atoms in total. The lowest BCUT2D eigenvalue weighted by atomic mass is 9.96. The van der Waals surface area contributed by atoms with E-state index in [1.165, 1.54) is 21.3 Å². The lowest BCUT2D eigenvalue weighted by molar-refractivity contribution is -0.137. The summed E-state index contributed by atoms with van der Waals surface area (Å²) in [6, 6.07) is 16.4. The summed E-state index contributed by atoms with van der Waals surface area (Å²) in [5.41, 5.74) is 0.145. The number of thiophene rings is 2. The summed E-state index contributed by atoms with van der Waals surface area (Å²) in [5, 5.41) is 13.4. The first-order valence-corrected chi connectivity index (χ1v) is 14.0. The Balaban J connectivity index is 1.43. The fraction of sp³-hybridized carbons (Fsp3) is 0.333. The molecule has 0 N–H and O–H groups in total. The Morgan fingerprint density at radius 2 is 1.70 bits per heavy atom. The summed E-state index contributed by atoms with van der Waals surface area (Å²) < 4.78 is 27.6. The predicted molar refractivity (Wildman–Crippen MR) is 130 cm³/mol. The van der Waals surface area contributed by atoms with E-state index in [4.69, 9.17) is 0 Å². The van der Waals surface area contributed by atoms with Crippen LogP contribution >= 0.6 is 22.7 Å². The molecule has 0 atom stereocenters. The molecule has 1 fully saturated rings. The van der Waals surface area contributed by atoms with Crippen molar-refractivity contribution in [3.8, 4) is 6.07 Å². The molecular formula is C24H25N3O3S3. The van der Waals surface area contributed by atoms with E-state index in [1.54, 1.807) is 34.8 Å². The van der Waals surface area contributed by atoms with Gasteiger partial charge in [-0.3, -0.25) is 4.79 Å². The minimum Gasteiger partial charge on any atom is -0.337 e. The summed E-state index contributed by atoms with van der Waals surface area (Å²) in [6.45, 7) is 1.77. The van der Waals surface area contributed by atoms with Gasteiger partial charge in [0.1, 0.15) is 6.07 Å². The molecule has 1 aliphatic rings. The van der Waals surface area contributed by atoms with Gasteiger partial charge in [-0.05, 0) is 54.3 Å². The summed E-state index contributed by atoms with van der Waals surface area (Å²) in [4.78, 5) is 17.8. The van der Waals surface area contributed by atoms with Gasteiger partial charge in [-0.15, -0.1) is 22.7 Å². The molecule has 0 aliphatic carbocycles. The Labute approximate surface area is 202 Å². The van der Waals surface area contributed by atoms with E-state index in [-0.39, 0.29) is 35.4 Å². The van der Waals surface area contributed by atoms with Crippen molar-refractivity contribution in [2.45, 2.75) is 30.7 Å². The van der Waals surface area contributed by atoms with Gasteiger partial charge in [0.05, 0.1) is 17.0 Å². The molecule has 0 saturated carbocycles. The number of amides is 1. The maximum atomic E-state index is 13.4. The highest BCUT2D eigenvalue weighted by atomic mass is 32.2. The number of rotatable bonds is 8. The first kappa shape index (κ1) is 23.6. The fourth-order valence-electron chi connectivity index (χ4n) is 4.08. The monoisotopic (exact) mass is 499 g/mol. The zero-order chi connectivity index (χ0) is 23.3. The van der Waals surface area contributed by atoms with E-state index < -0.39 is 10.0 Å². The quantitative estimate of drug-likeness (QED) is 0.461. The third-order valence-electron chi connectivity index (χ3n) is 5.88. The number of sulfonamides is 1. The molecule has 1 saturated heterocycles. The predicted octanol–water partition coefficient (Wildman–Crippen LogP) is 4.35. The molecule has 1 amide bonds. The second kappa shape index (κ2) is 10.6. The summed E-state index contributed by atoms with van der Waals surface area (Å²) >= 11 is 3.33. The molecule has 3 heterocycles. The van der Waals surface area contributed by atoms with Crippen molar-refractivity contribution in [1.82, 2.24) is 9.21 Å². The van der Waals surface area contributed by atoms with E-state index in [9.17, 15) is 18.5 Å². The van der Waals surface area contributed by atoms with Gasteiger partial charge in [0.25, 0.3) is 0 Å². The minimum absolute atomic E-state index is 0.0348. The van der Waals surface area contributed by atoms with Crippen LogP contribution in [0.5, 0.6) is 0 Å². The van der Waals surface area contributed by atoms with Crippen LogP contribution in [-0.4, -0.2) is 43.2 Å². The van der Waals surface area contributed by atoms with Crippen LogP contribution in [0.4, 0.5) is 0 Å². The molecule has 0 radical (unpaired) electrons. The van der Waals surface area contributed by atoms with Gasteiger partial charge in [-0.2, -0.15) is 9.57 Å². The number of carbonyl (C=O) groups is 1. The van der Waals surface area contributed by atoms with Crippen LogP contribution in [0.2, 0.25) is 0 Å². The zero-order valence-corrected chi connectivity index (χ0v) is 20.5. The highest BCUT2D eigenvalue weighted by Crippen LogP contribution is 2.27. The maximum absolute atomic E-state index is 13.4. The molecular weight excluding hydrogens is 474 g/mol. The van der Waals surface area contributed by atoms with Crippen LogP contribution < -0.4 is 0 Å². The number of carbonyl (C=O) groups excluding carboxylic acids is 1. The smallest absolute Gasteiger partial charge is 0.244 e. The Morgan fingerprint density at radius 1 is 1.03 bits per heavy atom. The first-order chi connectivity index (χ1) is 16.0. The lowest BCUT2D eigenvalue weighted by Gasteiger charge is -2.33. The molecule has 33 heavy (non-hydrogen) atoms. The Kier molecular flexibility index (Phi) is 7.60.